The Labute approximate surface area is 237 Å². The molecule has 0 bridgehead atoms. The van der Waals surface area contributed by atoms with Gasteiger partial charge >= 0.3 is 0 Å². The molecule has 1 atom stereocenters. The number of amides is 1. The van der Waals surface area contributed by atoms with Crippen LogP contribution in [-0.2, 0) is 6.42 Å². The number of aromatic nitrogens is 7. The number of benzene rings is 1. The first kappa shape index (κ1) is 25.4. The van der Waals surface area contributed by atoms with Crippen molar-refractivity contribution in [1.82, 2.24) is 39.6 Å². The van der Waals surface area contributed by atoms with Crippen LogP contribution < -0.4 is 11.1 Å². The summed E-state index contributed by atoms with van der Waals surface area (Å²) in [5, 5.41) is 7.30. The number of aryl methyl sites for hydroxylation is 1. The largest absolute Gasteiger partial charge is 0.383 e. The highest BCUT2D eigenvalue weighted by molar-refractivity contribution is 5.94. The summed E-state index contributed by atoms with van der Waals surface area (Å²) < 4.78 is 29.8. The summed E-state index contributed by atoms with van der Waals surface area (Å²) in [4.78, 5) is 30.6. The van der Waals surface area contributed by atoms with Gasteiger partial charge in [-0.05, 0) is 78.6 Å². The Morgan fingerprint density at radius 1 is 1.00 bits per heavy atom. The number of nitrogens with one attached hydrogen (secondary N) is 1. The molecule has 10 nitrogen and oxygen atoms in total. The van der Waals surface area contributed by atoms with Crippen LogP contribution in [0.4, 0.5) is 14.6 Å². The maximum Gasteiger partial charge on any atom is 0.280 e. The molecule has 7 rings (SSSR count). The molecule has 0 fully saturated rings. The fourth-order valence-electron chi connectivity index (χ4n) is 5.35. The van der Waals surface area contributed by atoms with E-state index in [-0.39, 0.29) is 11.6 Å². The summed E-state index contributed by atoms with van der Waals surface area (Å²) in [6, 6.07) is 17.5. The lowest BCUT2D eigenvalue weighted by Gasteiger charge is -2.16. The number of fused-ring (bicyclic) bond motifs is 2. The normalized spacial score (nSPS) is 14.4. The van der Waals surface area contributed by atoms with Crippen molar-refractivity contribution in [2.45, 2.75) is 25.3 Å². The van der Waals surface area contributed by atoms with E-state index in [1.807, 2.05) is 47.2 Å². The molecule has 0 saturated heterocycles. The molecule has 208 valence electrons. The van der Waals surface area contributed by atoms with E-state index < -0.39 is 18.0 Å². The van der Waals surface area contributed by atoms with Crippen LogP contribution in [0, 0.1) is 0 Å². The van der Waals surface area contributed by atoms with Gasteiger partial charge in [0.15, 0.2) is 17.3 Å². The highest BCUT2D eigenvalue weighted by Gasteiger charge is 2.27. The van der Waals surface area contributed by atoms with Gasteiger partial charge in [-0.15, -0.1) is 0 Å². The predicted molar refractivity (Wildman–Crippen MR) is 151 cm³/mol. The number of nitrogens with two attached hydrogens (primary N) is 1. The van der Waals surface area contributed by atoms with Crippen LogP contribution in [0.5, 0.6) is 0 Å². The van der Waals surface area contributed by atoms with Crippen molar-refractivity contribution in [3.8, 4) is 22.9 Å². The molecule has 1 aliphatic carbocycles. The lowest BCUT2D eigenvalue weighted by Crippen LogP contribution is -2.27. The van der Waals surface area contributed by atoms with Gasteiger partial charge in [0.1, 0.15) is 17.0 Å². The van der Waals surface area contributed by atoms with Crippen molar-refractivity contribution in [2.24, 2.45) is 0 Å². The second kappa shape index (κ2) is 10.1. The number of pyridine rings is 3. The average molecular weight is 564 g/mol. The second-order valence-corrected chi connectivity index (χ2v) is 9.89. The van der Waals surface area contributed by atoms with Gasteiger partial charge in [0.05, 0.1) is 11.6 Å². The summed E-state index contributed by atoms with van der Waals surface area (Å²) in [7, 11) is 0. The predicted octanol–water partition coefficient (Wildman–Crippen LogP) is 5.00. The average Bonchev–Trinajstić information content (AvgIpc) is 3.76. The van der Waals surface area contributed by atoms with Crippen molar-refractivity contribution in [2.75, 3.05) is 5.73 Å². The van der Waals surface area contributed by atoms with E-state index in [1.54, 1.807) is 23.1 Å². The Balaban J connectivity index is 1.28. The van der Waals surface area contributed by atoms with Crippen LogP contribution >= 0.6 is 0 Å². The summed E-state index contributed by atoms with van der Waals surface area (Å²) in [6.45, 7) is 0. The van der Waals surface area contributed by atoms with Gasteiger partial charge in [0, 0.05) is 36.0 Å². The molecule has 1 amide bonds. The molecule has 0 aliphatic heterocycles. The Kier molecular flexibility index (Phi) is 6.15. The zero-order valence-electron chi connectivity index (χ0n) is 22.0. The molecular weight excluding hydrogens is 540 g/mol. The fraction of sp³-hybridized carbons (Fsp3) is 0.133. The van der Waals surface area contributed by atoms with Gasteiger partial charge in [-0.1, -0.05) is 6.07 Å². The molecule has 5 aromatic heterocycles. The van der Waals surface area contributed by atoms with Crippen molar-refractivity contribution >= 4 is 22.9 Å². The molecule has 0 spiro atoms. The fourth-order valence-corrected chi connectivity index (χ4v) is 5.35. The minimum Gasteiger partial charge on any atom is -0.383 e. The molecule has 3 N–H and O–H groups in total. The smallest absolute Gasteiger partial charge is 0.280 e. The van der Waals surface area contributed by atoms with E-state index in [0.717, 1.165) is 29.3 Å². The lowest BCUT2D eigenvalue weighted by molar-refractivity contribution is 0.0936. The molecule has 0 unspecified atom stereocenters. The number of alkyl halides is 2. The maximum atomic E-state index is 13.1. The highest BCUT2D eigenvalue weighted by atomic mass is 19.3. The van der Waals surface area contributed by atoms with E-state index in [9.17, 15) is 13.6 Å². The number of carbonyl (C=O) groups is 1. The third-order valence-electron chi connectivity index (χ3n) is 7.34. The van der Waals surface area contributed by atoms with E-state index in [0.29, 0.717) is 40.6 Å². The number of halogens is 2. The summed E-state index contributed by atoms with van der Waals surface area (Å²) in [6.07, 6.45) is 5.00. The van der Waals surface area contributed by atoms with Crippen molar-refractivity contribution in [1.29, 1.82) is 0 Å². The van der Waals surface area contributed by atoms with E-state index in [4.69, 9.17) is 15.7 Å². The van der Waals surface area contributed by atoms with Crippen LogP contribution in [-0.4, -0.2) is 40.2 Å². The number of anilines is 1. The Morgan fingerprint density at radius 2 is 1.90 bits per heavy atom. The van der Waals surface area contributed by atoms with Crippen LogP contribution in [0.2, 0.25) is 0 Å². The molecule has 42 heavy (non-hydrogen) atoms. The first-order valence-electron chi connectivity index (χ1n) is 13.2. The molecule has 6 aromatic rings. The molecule has 12 heteroatoms. The number of nitrogens with zero attached hydrogens (tertiary/aromatic N) is 7. The minimum atomic E-state index is -2.75. The van der Waals surface area contributed by atoms with Crippen molar-refractivity contribution in [3.63, 3.8) is 0 Å². The van der Waals surface area contributed by atoms with Crippen LogP contribution in [0.1, 0.15) is 46.1 Å². The van der Waals surface area contributed by atoms with E-state index in [2.05, 4.69) is 26.4 Å². The van der Waals surface area contributed by atoms with E-state index >= 15 is 0 Å². The summed E-state index contributed by atoms with van der Waals surface area (Å²) in [5.74, 6) is 1.15. The highest BCUT2D eigenvalue weighted by Crippen LogP contribution is 2.36. The number of hydrogen-bond donors (Lipinski definition) is 2. The van der Waals surface area contributed by atoms with Crippen LogP contribution in [0.3, 0.4) is 0 Å². The number of imidazole rings is 1. The van der Waals surface area contributed by atoms with Crippen LogP contribution in [0.15, 0.2) is 85.5 Å². The monoisotopic (exact) mass is 563 g/mol. The minimum absolute atomic E-state index is 0.146. The molecule has 1 aliphatic rings. The molecular formula is C30H23F2N9O. The molecule has 0 saturated carbocycles. The second-order valence-electron chi connectivity index (χ2n) is 9.89. The quantitative estimate of drug-likeness (QED) is 0.292. The van der Waals surface area contributed by atoms with Gasteiger partial charge < -0.3 is 11.1 Å². The number of carbonyl (C=O) groups excluding carboxylic acids is 1. The molecule has 1 aromatic carbocycles. The zero-order chi connectivity index (χ0) is 28.8. The third kappa shape index (κ3) is 4.42. The molecule has 0 radical (unpaired) electrons. The standard InChI is InChI=1S/C30H23F2N9O/c31-26(32)24-16-18(10-13-34-24)30(42)38-22-7-4-17-15-19(5-6-20(17)22)41-28(21-3-1-11-35-27(21)33)37-23-8-9-25(39-29(23)41)40-14-2-12-36-40/h1-3,5-6,8-16,22,26H,4,7H2,(H2,33,35)(H,38,42)/t22-/m0/s1. The first-order valence-corrected chi connectivity index (χ1v) is 13.2. The first-order chi connectivity index (χ1) is 20.5. The Bertz CT molecular complexity index is 1950. The maximum absolute atomic E-state index is 13.1. The van der Waals surface area contributed by atoms with E-state index in [1.165, 1.54) is 12.3 Å². The van der Waals surface area contributed by atoms with Gasteiger partial charge in [-0.2, -0.15) is 5.10 Å². The van der Waals surface area contributed by atoms with Gasteiger partial charge in [-0.3, -0.25) is 14.3 Å². The number of nitrogen functional groups attached to an aromatic ring is 1. The van der Waals surface area contributed by atoms with Gasteiger partial charge in [0.25, 0.3) is 12.3 Å². The number of rotatable bonds is 6. The lowest BCUT2D eigenvalue weighted by atomic mass is 10.1. The SMILES string of the molecule is Nc1ncccc1-c1nc2ccc(-n3cccn3)nc2n1-c1ccc2c(c1)CC[C@@H]2NC(=O)c1ccnc(C(F)F)c1. The van der Waals surface area contributed by atoms with Crippen LogP contribution in [0.25, 0.3) is 34.1 Å². The Hall–Kier alpha value is -5.52. The van der Waals surface area contributed by atoms with Gasteiger partial charge in [0.2, 0.25) is 0 Å². The zero-order valence-corrected chi connectivity index (χ0v) is 22.0. The third-order valence-corrected chi connectivity index (χ3v) is 7.34. The topological polar surface area (TPSA) is 129 Å². The van der Waals surface area contributed by atoms with Crippen molar-refractivity contribution in [3.05, 3.63) is 108 Å². The van der Waals surface area contributed by atoms with Gasteiger partial charge in [-0.25, -0.2) is 28.4 Å². The van der Waals surface area contributed by atoms with Crippen molar-refractivity contribution < 1.29 is 13.6 Å². The summed E-state index contributed by atoms with van der Waals surface area (Å²) >= 11 is 0. The number of hydrogen-bond acceptors (Lipinski definition) is 7. The Morgan fingerprint density at radius 3 is 2.71 bits per heavy atom. The summed E-state index contributed by atoms with van der Waals surface area (Å²) in [5.41, 5.74) is 10.8. The molecule has 5 heterocycles.